The molecular weight excluding hydrogens is 314 g/mol. The van der Waals surface area contributed by atoms with Crippen LogP contribution in [0.5, 0.6) is 0 Å². The number of hydrogen-bond donors (Lipinski definition) is 0. The maximum Gasteiger partial charge on any atom is 0.332 e. The van der Waals surface area contributed by atoms with Crippen LogP contribution in [-0.4, -0.2) is 9.13 Å². The second kappa shape index (κ2) is 6.03. The fraction of sp³-hybridized carbons (Fsp3) is 0.222. The van der Waals surface area contributed by atoms with Crippen LogP contribution < -0.4 is 11.2 Å². The summed E-state index contributed by atoms with van der Waals surface area (Å²) in [4.78, 5) is 25.3. The third-order valence-corrected chi connectivity index (χ3v) is 3.93. The molecule has 3 rings (SSSR count). The van der Waals surface area contributed by atoms with Crippen LogP contribution >= 0.6 is 0 Å². The maximum absolute atomic E-state index is 14.0. The van der Waals surface area contributed by atoms with E-state index in [1.807, 2.05) is 0 Å². The van der Waals surface area contributed by atoms with Crippen molar-refractivity contribution in [1.82, 2.24) is 9.13 Å². The van der Waals surface area contributed by atoms with Crippen molar-refractivity contribution < 1.29 is 8.78 Å². The lowest BCUT2D eigenvalue weighted by Crippen LogP contribution is -2.41. The minimum Gasteiger partial charge on any atom is -0.289 e. The summed E-state index contributed by atoms with van der Waals surface area (Å²) >= 11 is 0. The topological polar surface area (TPSA) is 44.0 Å². The van der Waals surface area contributed by atoms with E-state index in [-0.39, 0.29) is 23.7 Å². The quantitative estimate of drug-likeness (QED) is 0.741. The Bertz CT molecular complexity index is 1040. The molecule has 0 saturated carbocycles. The molecule has 124 valence electrons. The van der Waals surface area contributed by atoms with Gasteiger partial charge in [0.05, 0.1) is 17.4 Å². The second-order valence-corrected chi connectivity index (χ2v) is 5.89. The van der Waals surface area contributed by atoms with Gasteiger partial charge >= 0.3 is 5.69 Å². The number of fused-ring (bicyclic) bond motifs is 1. The molecule has 6 heteroatoms. The Morgan fingerprint density at radius 2 is 1.75 bits per heavy atom. The van der Waals surface area contributed by atoms with Crippen molar-refractivity contribution in [3.05, 3.63) is 80.5 Å². The molecule has 2 aromatic carbocycles. The Balaban J connectivity index is 2.33. The number of nitrogens with zero attached hydrogens (tertiary/aromatic N) is 2. The zero-order valence-corrected chi connectivity index (χ0v) is 13.3. The summed E-state index contributed by atoms with van der Waals surface area (Å²) in [6.45, 7) is 3.30. The highest BCUT2D eigenvalue weighted by Crippen LogP contribution is 2.14. The SMILES string of the molecule is CC(C)n1c(=O)c2ccccc2n(Cc2cc(F)ccc2F)c1=O. The molecule has 0 aliphatic rings. The van der Waals surface area contributed by atoms with Gasteiger partial charge in [-0.3, -0.25) is 13.9 Å². The van der Waals surface area contributed by atoms with Gasteiger partial charge in [0.1, 0.15) is 11.6 Å². The van der Waals surface area contributed by atoms with Gasteiger partial charge in [0.15, 0.2) is 0 Å². The Hall–Kier alpha value is -2.76. The van der Waals surface area contributed by atoms with Crippen molar-refractivity contribution in [2.24, 2.45) is 0 Å². The van der Waals surface area contributed by atoms with Gasteiger partial charge in [-0.1, -0.05) is 12.1 Å². The molecule has 0 saturated heterocycles. The molecule has 0 fully saturated rings. The highest BCUT2D eigenvalue weighted by atomic mass is 19.1. The molecule has 0 N–H and O–H groups in total. The van der Waals surface area contributed by atoms with Gasteiger partial charge in [-0.15, -0.1) is 0 Å². The predicted molar refractivity (Wildman–Crippen MR) is 88.3 cm³/mol. The molecule has 0 radical (unpaired) electrons. The normalized spacial score (nSPS) is 11.4. The predicted octanol–water partition coefficient (Wildman–Crippen LogP) is 3.07. The minimum atomic E-state index is -0.602. The summed E-state index contributed by atoms with van der Waals surface area (Å²) < 4.78 is 29.8. The second-order valence-electron chi connectivity index (χ2n) is 5.89. The average Bonchev–Trinajstić information content (AvgIpc) is 2.54. The van der Waals surface area contributed by atoms with E-state index in [9.17, 15) is 18.4 Å². The molecule has 24 heavy (non-hydrogen) atoms. The summed E-state index contributed by atoms with van der Waals surface area (Å²) in [5.74, 6) is -1.18. The van der Waals surface area contributed by atoms with E-state index >= 15 is 0 Å². The van der Waals surface area contributed by atoms with Gasteiger partial charge in [-0.05, 0) is 44.2 Å². The van der Waals surface area contributed by atoms with E-state index in [0.717, 1.165) is 22.8 Å². The van der Waals surface area contributed by atoms with E-state index < -0.39 is 17.3 Å². The minimum absolute atomic E-state index is 0.0520. The molecule has 0 unspecified atom stereocenters. The molecule has 1 aromatic heterocycles. The number of halogens is 2. The van der Waals surface area contributed by atoms with Crippen molar-refractivity contribution in [2.75, 3.05) is 0 Å². The monoisotopic (exact) mass is 330 g/mol. The van der Waals surface area contributed by atoms with Crippen LogP contribution in [0.2, 0.25) is 0 Å². The van der Waals surface area contributed by atoms with Gasteiger partial charge in [0.25, 0.3) is 5.56 Å². The summed E-state index contributed by atoms with van der Waals surface area (Å²) in [7, 11) is 0. The Morgan fingerprint density at radius 3 is 2.46 bits per heavy atom. The van der Waals surface area contributed by atoms with E-state index in [2.05, 4.69) is 0 Å². The summed E-state index contributed by atoms with van der Waals surface area (Å²) in [6.07, 6.45) is 0. The largest absolute Gasteiger partial charge is 0.332 e. The number of benzene rings is 2. The fourth-order valence-electron chi connectivity index (χ4n) is 2.78. The standard InChI is InChI=1S/C18H16F2N2O2/c1-11(2)22-17(23)14-5-3-4-6-16(14)21(18(22)24)10-12-9-13(19)7-8-15(12)20/h3-9,11H,10H2,1-2H3. The maximum atomic E-state index is 14.0. The van der Waals surface area contributed by atoms with Crippen LogP contribution in [0.4, 0.5) is 8.78 Å². The fourth-order valence-corrected chi connectivity index (χ4v) is 2.78. The van der Waals surface area contributed by atoms with Crippen molar-refractivity contribution in [3.8, 4) is 0 Å². The van der Waals surface area contributed by atoms with Crippen LogP contribution in [0.1, 0.15) is 25.5 Å². The highest BCUT2D eigenvalue weighted by molar-refractivity contribution is 5.77. The molecular formula is C18H16F2N2O2. The molecule has 4 nitrogen and oxygen atoms in total. The first kappa shape index (κ1) is 16.1. The first-order chi connectivity index (χ1) is 11.4. The molecule has 1 heterocycles. The molecule has 0 atom stereocenters. The van der Waals surface area contributed by atoms with E-state index in [4.69, 9.17) is 0 Å². The number of para-hydroxylation sites is 1. The Morgan fingerprint density at radius 1 is 1.04 bits per heavy atom. The van der Waals surface area contributed by atoms with Gasteiger partial charge < -0.3 is 0 Å². The van der Waals surface area contributed by atoms with Crippen LogP contribution in [0.15, 0.2) is 52.1 Å². The van der Waals surface area contributed by atoms with Gasteiger partial charge in [-0.2, -0.15) is 0 Å². The van der Waals surface area contributed by atoms with Crippen LogP contribution in [0.3, 0.4) is 0 Å². The summed E-state index contributed by atoms with van der Waals surface area (Å²) in [6, 6.07) is 9.39. The van der Waals surface area contributed by atoms with Crippen LogP contribution in [0.25, 0.3) is 10.9 Å². The van der Waals surface area contributed by atoms with Crippen molar-refractivity contribution >= 4 is 10.9 Å². The molecule has 0 aliphatic carbocycles. The average molecular weight is 330 g/mol. The van der Waals surface area contributed by atoms with Gasteiger partial charge in [0.2, 0.25) is 0 Å². The van der Waals surface area contributed by atoms with E-state index in [1.165, 1.54) is 4.57 Å². The zero-order valence-electron chi connectivity index (χ0n) is 13.3. The third kappa shape index (κ3) is 2.64. The summed E-state index contributed by atoms with van der Waals surface area (Å²) in [5.41, 5.74) is -0.483. The molecule has 0 aliphatic heterocycles. The first-order valence-electron chi connectivity index (χ1n) is 7.58. The summed E-state index contributed by atoms with van der Waals surface area (Å²) in [5, 5.41) is 0.364. The van der Waals surface area contributed by atoms with Crippen molar-refractivity contribution in [1.29, 1.82) is 0 Å². The number of hydrogen-bond acceptors (Lipinski definition) is 2. The van der Waals surface area contributed by atoms with E-state index in [1.54, 1.807) is 38.1 Å². The molecule has 0 bridgehead atoms. The van der Waals surface area contributed by atoms with Crippen molar-refractivity contribution in [3.63, 3.8) is 0 Å². The van der Waals surface area contributed by atoms with Crippen molar-refractivity contribution in [2.45, 2.75) is 26.4 Å². The number of aromatic nitrogens is 2. The first-order valence-corrected chi connectivity index (χ1v) is 7.58. The number of rotatable bonds is 3. The highest BCUT2D eigenvalue weighted by Gasteiger charge is 2.16. The molecule has 3 aromatic rings. The van der Waals surface area contributed by atoms with Gasteiger partial charge in [-0.25, -0.2) is 13.6 Å². The lowest BCUT2D eigenvalue weighted by Gasteiger charge is -2.16. The van der Waals surface area contributed by atoms with E-state index in [0.29, 0.717) is 10.9 Å². The van der Waals surface area contributed by atoms with Crippen LogP contribution in [0, 0.1) is 11.6 Å². The van der Waals surface area contributed by atoms with Crippen LogP contribution in [-0.2, 0) is 6.54 Å². The van der Waals surface area contributed by atoms with Gasteiger partial charge in [0, 0.05) is 11.6 Å². The Kier molecular flexibility index (Phi) is 4.05. The third-order valence-electron chi connectivity index (χ3n) is 3.93. The Labute approximate surface area is 136 Å². The molecule has 0 amide bonds. The zero-order chi connectivity index (χ0) is 17.4. The molecule has 0 spiro atoms. The smallest absolute Gasteiger partial charge is 0.289 e. The lowest BCUT2D eigenvalue weighted by molar-refractivity contribution is 0.517. The lowest BCUT2D eigenvalue weighted by atomic mass is 10.2.